The Morgan fingerprint density at radius 2 is 1.56 bits per heavy atom. The molecule has 1 saturated carbocycles. The first-order valence-electron chi connectivity index (χ1n) is 11.0. The summed E-state index contributed by atoms with van der Waals surface area (Å²) < 4.78 is 2.12. The summed E-state index contributed by atoms with van der Waals surface area (Å²) in [5, 5.41) is 0. The third kappa shape index (κ3) is 3.10. The highest BCUT2D eigenvalue weighted by Gasteiger charge is 2.34. The zero-order valence-electron chi connectivity index (χ0n) is 17.6. The van der Waals surface area contributed by atoms with Gasteiger partial charge in [0.15, 0.2) is 5.65 Å². The second-order valence-corrected chi connectivity index (χ2v) is 8.47. The maximum Gasteiger partial charge on any atom is 0.165 e. The normalized spacial score (nSPS) is 14.9. The van der Waals surface area contributed by atoms with E-state index in [0.29, 0.717) is 0 Å². The number of nitrogens with two attached hydrogens (primary N) is 1. The van der Waals surface area contributed by atoms with Crippen LogP contribution in [0.15, 0.2) is 91.3 Å². The van der Waals surface area contributed by atoms with Crippen LogP contribution in [0.2, 0.25) is 0 Å². The Morgan fingerprint density at radius 1 is 0.781 bits per heavy atom. The lowest BCUT2D eigenvalue weighted by Gasteiger charge is -2.38. The molecule has 5 heteroatoms. The van der Waals surface area contributed by atoms with Gasteiger partial charge in [0.2, 0.25) is 0 Å². The van der Waals surface area contributed by atoms with E-state index in [4.69, 9.17) is 15.7 Å². The third-order valence-electron chi connectivity index (χ3n) is 6.44. The van der Waals surface area contributed by atoms with Gasteiger partial charge in [-0.2, -0.15) is 0 Å². The van der Waals surface area contributed by atoms with Gasteiger partial charge in [-0.25, -0.2) is 9.97 Å². The van der Waals surface area contributed by atoms with Crippen molar-refractivity contribution < 1.29 is 0 Å². The van der Waals surface area contributed by atoms with E-state index in [1.54, 1.807) is 6.20 Å². The van der Waals surface area contributed by atoms with Crippen LogP contribution in [0.25, 0.3) is 39.5 Å². The molecule has 5 aromatic rings. The van der Waals surface area contributed by atoms with Gasteiger partial charge >= 0.3 is 0 Å². The maximum absolute atomic E-state index is 6.55. The van der Waals surface area contributed by atoms with Crippen LogP contribution in [0.3, 0.4) is 0 Å². The molecule has 0 bridgehead atoms. The van der Waals surface area contributed by atoms with Crippen LogP contribution in [0.5, 0.6) is 0 Å². The van der Waals surface area contributed by atoms with Crippen molar-refractivity contribution in [2.24, 2.45) is 5.73 Å². The minimum Gasteiger partial charge on any atom is -0.321 e. The van der Waals surface area contributed by atoms with Gasteiger partial charge in [-0.1, -0.05) is 42.5 Å². The number of nitrogens with zero attached hydrogens (tertiary/aromatic N) is 4. The quantitative estimate of drug-likeness (QED) is 0.420. The van der Waals surface area contributed by atoms with Crippen LogP contribution in [-0.2, 0) is 5.54 Å². The van der Waals surface area contributed by atoms with Crippen LogP contribution in [0, 0.1) is 0 Å². The van der Waals surface area contributed by atoms with Crippen molar-refractivity contribution in [3.05, 3.63) is 96.8 Å². The molecule has 32 heavy (non-hydrogen) atoms. The Morgan fingerprint density at radius 3 is 2.25 bits per heavy atom. The fourth-order valence-electron chi connectivity index (χ4n) is 4.45. The molecule has 3 heterocycles. The van der Waals surface area contributed by atoms with Crippen molar-refractivity contribution in [1.82, 2.24) is 19.5 Å². The zero-order valence-corrected chi connectivity index (χ0v) is 17.6. The molecule has 0 unspecified atom stereocenters. The second-order valence-electron chi connectivity index (χ2n) is 8.47. The molecule has 0 spiro atoms. The summed E-state index contributed by atoms with van der Waals surface area (Å²) in [4.78, 5) is 14.3. The summed E-state index contributed by atoms with van der Waals surface area (Å²) in [6.45, 7) is 0. The fourth-order valence-corrected chi connectivity index (χ4v) is 4.45. The zero-order chi connectivity index (χ0) is 21.5. The van der Waals surface area contributed by atoms with E-state index in [9.17, 15) is 0 Å². The first kappa shape index (κ1) is 18.9. The molecular formula is C27H23N5. The van der Waals surface area contributed by atoms with Crippen molar-refractivity contribution in [1.29, 1.82) is 0 Å². The summed E-state index contributed by atoms with van der Waals surface area (Å²) in [6, 6.07) is 26.8. The van der Waals surface area contributed by atoms with Gasteiger partial charge in [0, 0.05) is 34.7 Å². The Hall–Kier alpha value is -3.83. The topological polar surface area (TPSA) is 69.6 Å². The molecular weight excluding hydrogens is 394 g/mol. The number of fused-ring (bicyclic) bond motifs is 1. The highest BCUT2D eigenvalue weighted by molar-refractivity contribution is 5.82. The van der Waals surface area contributed by atoms with Crippen molar-refractivity contribution >= 4 is 11.2 Å². The minimum absolute atomic E-state index is 0.180. The highest BCUT2D eigenvalue weighted by Crippen LogP contribution is 2.39. The molecule has 6 rings (SSSR count). The molecule has 1 fully saturated rings. The molecule has 0 atom stereocenters. The molecule has 2 aromatic carbocycles. The molecule has 1 aliphatic rings. The van der Waals surface area contributed by atoms with Crippen molar-refractivity contribution in [3.63, 3.8) is 0 Å². The van der Waals surface area contributed by atoms with E-state index in [0.717, 1.165) is 52.3 Å². The SMILES string of the molecule is NC1(c2ccc(-n3c(-c4cccnc4)nc4ccc(-c5ccccc5)nc43)cc2)CCC1. The molecule has 0 radical (unpaired) electrons. The summed E-state index contributed by atoms with van der Waals surface area (Å²) in [5.74, 6) is 0.824. The lowest BCUT2D eigenvalue weighted by atomic mass is 9.73. The van der Waals surface area contributed by atoms with E-state index < -0.39 is 0 Å². The number of hydrogen-bond acceptors (Lipinski definition) is 4. The van der Waals surface area contributed by atoms with Crippen LogP contribution >= 0.6 is 0 Å². The number of imidazole rings is 1. The van der Waals surface area contributed by atoms with E-state index in [1.807, 2.05) is 48.7 Å². The van der Waals surface area contributed by atoms with Crippen LogP contribution in [0.1, 0.15) is 24.8 Å². The predicted molar refractivity (Wildman–Crippen MR) is 127 cm³/mol. The van der Waals surface area contributed by atoms with Crippen LogP contribution in [0.4, 0.5) is 0 Å². The summed E-state index contributed by atoms with van der Waals surface area (Å²) in [5.41, 5.74) is 13.2. The summed E-state index contributed by atoms with van der Waals surface area (Å²) in [7, 11) is 0. The molecule has 0 aliphatic heterocycles. The smallest absolute Gasteiger partial charge is 0.165 e. The maximum atomic E-state index is 6.55. The molecule has 5 nitrogen and oxygen atoms in total. The predicted octanol–water partition coefficient (Wildman–Crippen LogP) is 5.49. The lowest BCUT2D eigenvalue weighted by Crippen LogP contribution is -2.43. The monoisotopic (exact) mass is 417 g/mol. The number of pyridine rings is 2. The molecule has 3 aromatic heterocycles. The average Bonchev–Trinajstić information content (AvgIpc) is 3.22. The number of rotatable bonds is 4. The first-order valence-corrected chi connectivity index (χ1v) is 11.0. The molecule has 2 N–H and O–H groups in total. The Kier molecular flexibility index (Phi) is 4.37. The van der Waals surface area contributed by atoms with E-state index in [2.05, 4.69) is 45.9 Å². The van der Waals surface area contributed by atoms with E-state index >= 15 is 0 Å². The average molecular weight is 418 g/mol. The van der Waals surface area contributed by atoms with E-state index in [-0.39, 0.29) is 5.54 Å². The molecule has 0 saturated heterocycles. The number of benzene rings is 2. The van der Waals surface area contributed by atoms with Crippen molar-refractivity contribution in [3.8, 4) is 28.3 Å². The van der Waals surface area contributed by atoms with Gasteiger partial charge < -0.3 is 5.73 Å². The first-order chi connectivity index (χ1) is 15.7. The van der Waals surface area contributed by atoms with E-state index in [1.165, 1.54) is 12.0 Å². The highest BCUT2D eigenvalue weighted by atomic mass is 15.1. The van der Waals surface area contributed by atoms with Gasteiger partial charge in [-0.05, 0) is 61.2 Å². The summed E-state index contributed by atoms with van der Waals surface area (Å²) >= 11 is 0. The van der Waals surface area contributed by atoms with Crippen LogP contribution in [-0.4, -0.2) is 19.5 Å². The van der Waals surface area contributed by atoms with Crippen molar-refractivity contribution in [2.45, 2.75) is 24.8 Å². The van der Waals surface area contributed by atoms with Gasteiger partial charge in [0.1, 0.15) is 11.3 Å². The summed E-state index contributed by atoms with van der Waals surface area (Å²) in [6.07, 6.45) is 6.90. The van der Waals surface area contributed by atoms with Crippen molar-refractivity contribution in [2.75, 3.05) is 0 Å². The molecule has 156 valence electrons. The Labute approximate surface area is 186 Å². The minimum atomic E-state index is -0.180. The lowest BCUT2D eigenvalue weighted by molar-refractivity contribution is 0.253. The van der Waals surface area contributed by atoms with Gasteiger partial charge in [0.05, 0.1) is 5.69 Å². The molecule has 1 aliphatic carbocycles. The number of hydrogen-bond donors (Lipinski definition) is 1. The van der Waals surface area contributed by atoms with Crippen LogP contribution < -0.4 is 5.73 Å². The van der Waals surface area contributed by atoms with Gasteiger partial charge in [0.25, 0.3) is 0 Å². The third-order valence-corrected chi connectivity index (χ3v) is 6.44. The van der Waals surface area contributed by atoms with Gasteiger partial charge in [-0.15, -0.1) is 0 Å². The fraction of sp³-hybridized carbons (Fsp3) is 0.148. The van der Waals surface area contributed by atoms with Gasteiger partial charge in [-0.3, -0.25) is 9.55 Å². The second kappa shape index (κ2) is 7.39. The Bertz CT molecular complexity index is 1390. The molecule has 0 amide bonds. The Balaban J connectivity index is 1.55. The number of aromatic nitrogens is 4. The largest absolute Gasteiger partial charge is 0.321 e. The standard InChI is InChI=1S/C27H23N5/c28-27(15-5-16-27)21-9-11-22(12-10-21)32-25(20-8-4-17-29-18-20)31-24-14-13-23(30-26(24)32)19-6-2-1-3-7-19/h1-4,6-14,17-18H,5,15-16,28H2.